The van der Waals surface area contributed by atoms with Crippen LogP contribution in [0.1, 0.15) is 18.4 Å². The van der Waals surface area contributed by atoms with E-state index in [1.165, 1.54) is 15.2 Å². The van der Waals surface area contributed by atoms with E-state index in [4.69, 9.17) is 5.73 Å². The largest absolute Gasteiger partial charge is 0.341 e. The number of hydrogen-bond acceptors (Lipinski definition) is 6. The number of aryl methyl sites for hydroxylation is 2. The van der Waals surface area contributed by atoms with Gasteiger partial charge in [-0.2, -0.15) is 4.98 Å². The number of aromatic amines is 1. The number of fused-ring (bicyclic) bond motifs is 2. The van der Waals surface area contributed by atoms with Crippen LogP contribution in [0, 0.1) is 0 Å². The molecule has 4 aromatic rings. The van der Waals surface area contributed by atoms with Crippen LogP contribution in [0.3, 0.4) is 0 Å². The molecule has 0 saturated carbocycles. The van der Waals surface area contributed by atoms with Gasteiger partial charge in [0.05, 0.1) is 12.1 Å². The summed E-state index contributed by atoms with van der Waals surface area (Å²) in [5.74, 6) is 0.562. The Labute approximate surface area is 182 Å². The molecule has 0 amide bonds. The summed E-state index contributed by atoms with van der Waals surface area (Å²) >= 11 is 0. The van der Waals surface area contributed by atoms with E-state index in [0.717, 1.165) is 35.9 Å². The van der Waals surface area contributed by atoms with Gasteiger partial charge in [0.2, 0.25) is 5.95 Å². The molecule has 4 heterocycles. The third kappa shape index (κ3) is 3.23. The highest BCUT2D eigenvalue weighted by molar-refractivity contribution is 5.79. The van der Waals surface area contributed by atoms with E-state index >= 15 is 0 Å². The third-order valence-corrected chi connectivity index (χ3v) is 6.25. The van der Waals surface area contributed by atoms with Crippen LogP contribution < -0.4 is 27.4 Å². The topological polar surface area (TPSA) is 124 Å². The predicted molar refractivity (Wildman–Crippen MR) is 123 cm³/mol. The highest BCUT2D eigenvalue weighted by Gasteiger charge is 2.22. The van der Waals surface area contributed by atoms with Gasteiger partial charge in [0.25, 0.3) is 11.1 Å². The Morgan fingerprint density at radius 2 is 1.94 bits per heavy atom. The van der Waals surface area contributed by atoms with Gasteiger partial charge in [-0.25, -0.2) is 4.79 Å². The molecule has 0 radical (unpaired) electrons. The number of hydrogen-bond donors (Lipinski definition) is 2. The molecule has 3 aromatic heterocycles. The van der Waals surface area contributed by atoms with E-state index in [2.05, 4.69) is 9.97 Å². The van der Waals surface area contributed by atoms with Crippen LogP contribution in [-0.2, 0) is 20.6 Å². The van der Waals surface area contributed by atoms with E-state index in [1.54, 1.807) is 24.7 Å². The zero-order valence-corrected chi connectivity index (χ0v) is 18.0. The average molecular weight is 435 g/mol. The van der Waals surface area contributed by atoms with E-state index in [-0.39, 0.29) is 18.1 Å². The summed E-state index contributed by atoms with van der Waals surface area (Å²) in [5.41, 5.74) is 7.35. The zero-order valence-electron chi connectivity index (χ0n) is 18.0. The van der Waals surface area contributed by atoms with Gasteiger partial charge in [0.15, 0.2) is 11.2 Å². The lowest BCUT2D eigenvalue weighted by Crippen LogP contribution is -2.43. The molecular formula is C22H25N7O3. The van der Waals surface area contributed by atoms with Crippen LogP contribution in [0.25, 0.3) is 22.1 Å². The standard InChI is InChI=1S/C22H25N7O3/c1-26-16-7-5-13(10-14(16)6-8-17(26)30)11-29-20(31)18-19(27(2)22(29)32)25-21(24-18)28-9-3-4-15(23)12-28/h5-8,10,15H,3-4,9,11-12,23H2,1-2H3,(H,24,25). The van der Waals surface area contributed by atoms with Crippen molar-refractivity contribution in [2.45, 2.75) is 25.4 Å². The van der Waals surface area contributed by atoms with Crippen molar-refractivity contribution < 1.29 is 0 Å². The first kappa shape index (κ1) is 20.3. The van der Waals surface area contributed by atoms with Crippen LogP contribution in [0.2, 0.25) is 0 Å². The number of nitrogens with two attached hydrogens (primary N) is 1. The minimum Gasteiger partial charge on any atom is -0.341 e. The third-order valence-electron chi connectivity index (χ3n) is 6.25. The molecule has 0 aliphatic carbocycles. The fraction of sp³-hybridized carbons (Fsp3) is 0.364. The first-order chi connectivity index (χ1) is 15.3. The maximum atomic E-state index is 13.2. The monoisotopic (exact) mass is 435 g/mol. The fourth-order valence-corrected chi connectivity index (χ4v) is 4.44. The second kappa shape index (κ2) is 7.49. The van der Waals surface area contributed by atoms with Crippen molar-refractivity contribution >= 4 is 28.0 Å². The summed E-state index contributed by atoms with van der Waals surface area (Å²) in [6.45, 7) is 1.57. The van der Waals surface area contributed by atoms with Crippen molar-refractivity contribution in [3.05, 3.63) is 67.1 Å². The van der Waals surface area contributed by atoms with Crippen molar-refractivity contribution in [1.82, 2.24) is 23.7 Å². The lowest BCUT2D eigenvalue weighted by molar-refractivity contribution is 0.501. The van der Waals surface area contributed by atoms with Crippen LogP contribution >= 0.6 is 0 Å². The number of nitrogens with zero attached hydrogens (tertiary/aromatic N) is 5. The van der Waals surface area contributed by atoms with Crippen molar-refractivity contribution in [2.24, 2.45) is 19.8 Å². The van der Waals surface area contributed by atoms with Crippen LogP contribution in [0.15, 0.2) is 44.7 Å². The number of nitrogens with one attached hydrogen (secondary N) is 1. The molecule has 3 N–H and O–H groups in total. The van der Waals surface area contributed by atoms with Crippen LogP contribution in [0.5, 0.6) is 0 Å². The Morgan fingerprint density at radius 1 is 1.12 bits per heavy atom. The molecule has 166 valence electrons. The highest BCUT2D eigenvalue weighted by atomic mass is 16.2. The Balaban J connectivity index is 1.58. The molecule has 1 fully saturated rings. The molecule has 1 unspecified atom stereocenters. The summed E-state index contributed by atoms with van der Waals surface area (Å²) < 4.78 is 4.16. The molecule has 32 heavy (non-hydrogen) atoms. The molecular weight excluding hydrogens is 410 g/mol. The molecule has 1 aliphatic heterocycles. The molecule has 1 atom stereocenters. The van der Waals surface area contributed by atoms with Crippen LogP contribution in [0.4, 0.5) is 5.95 Å². The van der Waals surface area contributed by atoms with Gasteiger partial charge in [-0.1, -0.05) is 6.07 Å². The lowest BCUT2D eigenvalue weighted by atomic mass is 10.1. The van der Waals surface area contributed by atoms with E-state index in [1.807, 2.05) is 23.1 Å². The molecule has 10 nitrogen and oxygen atoms in total. The van der Waals surface area contributed by atoms with Crippen molar-refractivity contribution in [1.29, 1.82) is 0 Å². The second-order valence-electron chi connectivity index (χ2n) is 8.46. The smallest absolute Gasteiger partial charge is 0.332 e. The first-order valence-electron chi connectivity index (χ1n) is 10.6. The van der Waals surface area contributed by atoms with Gasteiger partial charge in [0, 0.05) is 39.3 Å². The maximum absolute atomic E-state index is 13.2. The summed E-state index contributed by atoms with van der Waals surface area (Å²) in [7, 11) is 3.33. The quantitative estimate of drug-likeness (QED) is 0.475. The number of pyridine rings is 1. The Kier molecular flexibility index (Phi) is 4.74. The average Bonchev–Trinajstić information content (AvgIpc) is 3.24. The summed E-state index contributed by atoms with van der Waals surface area (Å²) in [4.78, 5) is 47.7. The lowest BCUT2D eigenvalue weighted by Gasteiger charge is -2.30. The van der Waals surface area contributed by atoms with E-state index in [0.29, 0.717) is 23.7 Å². The number of imidazole rings is 1. The minimum absolute atomic E-state index is 0.0600. The Bertz CT molecular complexity index is 1530. The van der Waals surface area contributed by atoms with E-state index in [9.17, 15) is 14.4 Å². The second-order valence-corrected chi connectivity index (χ2v) is 8.46. The van der Waals surface area contributed by atoms with Crippen LogP contribution in [-0.4, -0.2) is 42.8 Å². The molecule has 1 saturated heterocycles. The number of piperidine rings is 1. The molecule has 1 aromatic carbocycles. The minimum atomic E-state index is -0.434. The number of H-pyrrole nitrogens is 1. The number of anilines is 1. The van der Waals surface area contributed by atoms with Gasteiger partial charge < -0.3 is 20.2 Å². The SMILES string of the molecule is Cn1c(=O)ccc2cc(Cn3c(=O)c4[nH]c(N5CCCC(N)C5)nc4n(C)c3=O)ccc21. The van der Waals surface area contributed by atoms with Crippen molar-refractivity contribution in [3.8, 4) is 0 Å². The summed E-state index contributed by atoms with van der Waals surface area (Å²) in [5, 5.41) is 0.862. The number of rotatable bonds is 3. The Morgan fingerprint density at radius 3 is 2.72 bits per heavy atom. The van der Waals surface area contributed by atoms with Crippen molar-refractivity contribution in [2.75, 3.05) is 18.0 Å². The van der Waals surface area contributed by atoms with E-state index < -0.39 is 11.2 Å². The van der Waals surface area contributed by atoms with Gasteiger partial charge >= 0.3 is 5.69 Å². The first-order valence-corrected chi connectivity index (χ1v) is 10.6. The maximum Gasteiger partial charge on any atom is 0.332 e. The molecule has 10 heteroatoms. The summed E-state index contributed by atoms with van der Waals surface area (Å²) in [6, 6.07) is 8.85. The van der Waals surface area contributed by atoms with Gasteiger partial charge in [0.1, 0.15) is 0 Å². The Hall–Kier alpha value is -3.66. The number of benzene rings is 1. The van der Waals surface area contributed by atoms with Gasteiger partial charge in [-0.05, 0) is 42.0 Å². The van der Waals surface area contributed by atoms with Gasteiger partial charge in [-0.3, -0.25) is 18.7 Å². The number of aromatic nitrogens is 5. The normalized spacial score (nSPS) is 16.8. The predicted octanol–water partition coefficient (Wildman–Crippen LogP) is 0.251. The van der Waals surface area contributed by atoms with Gasteiger partial charge in [-0.15, -0.1) is 0 Å². The fourth-order valence-electron chi connectivity index (χ4n) is 4.44. The summed E-state index contributed by atoms with van der Waals surface area (Å²) in [6.07, 6.45) is 1.91. The zero-order chi connectivity index (χ0) is 22.6. The molecule has 1 aliphatic rings. The molecule has 0 spiro atoms. The van der Waals surface area contributed by atoms with Crippen molar-refractivity contribution in [3.63, 3.8) is 0 Å². The highest BCUT2D eigenvalue weighted by Crippen LogP contribution is 2.19. The molecule has 5 rings (SSSR count). The molecule has 0 bridgehead atoms.